The molecule has 1 aromatic carbocycles. The quantitative estimate of drug-likeness (QED) is 0.328. The van der Waals surface area contributed by atoms with Crippen LogP contribution in [0.25, 0.3) is 5.65 Å². The van der Waals surface area contributed by atoms with E-state index >= 15 is 0 Å². The van der Waals surface area contributed by atoms with Gasteiger partial charge in [-0.3, -0.25) is 9.69 Å². The fraction of sp³-hybridized carbons (Fsp3) is 0.484. The third-order valence-electron chi connectivity index (χ3n) is 8.46. The van der Waals surface area contributed by atoms with Gasteiger partial charge in [0, 0.05) is 24.5 Å². The lowest BCUT2D eigenvalue weighted by molar-refractivity contribution is 0.0126. The molecule has 2 saturated carbocycles. The van der Waals surface area contributed by atoms with E-state index in [1.54, 1.807) is 21.8 Å². The van der Waals surface area contributed by atoms with Crippen LogP contribution in [0, 0.1) is 5.92 Å². The minimum Gasteiger partial charge on any atom is -0.444 e. The first kappa shape index (κ1) is 27.9. The van der Waals surface area contributed by atoms with Gasteiger partial charge in [-0.15, -0.1) is 10.2 Å². The van der Waals surface area contributed by atoms with Gasteiger partial charge in [-0.05, 0) is 88.6 Å². The van der Waals surface area contributed by atoms with Crippen LogP contribution in [0.15, 0.2) is 49.2 Å². The van der Waals surface area contributed by atoms with E-state index in [2.05, 4.69) is 45.5 Å². The maximum atomic E-state index is 13.8. The number of nitrogens with one attached hydrogen (secondary N) is 1. The molecule has 0 spiro atoms. The van der Waals surface area contributed by atoms with Crippen LogP contribution in [0.3, 0.4) is 0 Å². The Hall–Kier alpha value is -4.28. The summed E-state index contributed by atoms with van der Waals surface area (Å²) in [7, 11) is 1.97. The third-order valence-corrected chi connectivity index (χ3v) is 8.46. The highest BCUT2D eigenvalue weighted by atomic mass is 16.6. The second kappa shape index (κ2) is 9.92. The summed E-state index contributed by atoms with van der Waals surface area (Å²) in [5.41, 5.74) is 2.23. The van der Waals surface area contributed by atoms with Gasteiger partial charge < -0.3 is 14.6 Å². The molecule has 4 aromatic rings. The zero-order chi connectivity index (χ0) is 29.9. The van der Waals surface area contributed by atoms with Crippen LogP contribution in [0.2, 0.25) is 0 Å². The molecule has 0 atom stereocenters. The first-order valence-corrected chi connectivity index (χ1v) is 14.5. The number of aromatic nitrogens is 6. The van der Waals surface area contributed by atoms with E-state index in [4.69, 9.17) is 4.74 Å². The average Bonchev–Trinajstić information content (AvgIpc) is 3.26. The van der Waals surface area contributed by atoms with Crippen LogP contribution in [-0.4, -0.2) is 57.4 Å². The molecule has 2 aliphatic carbocycles. The summed E-state index contributed by atoms with van der Waals surface area (Å²) in [5, 5.41) is 16.0. The summed E-state index contributed by atoms with van der Waals surface area (Å²) in [5.74, 6) is 1.20. The lowest BCUT2D eigenvalue weighted by Gasteiger charge is -2.46. The van der Waals surface area contributed by atoms with Gasteiger partial charge in [0.2, 0.25) is 0 Å². The number of benzene rings is 1. The maximum Gasteiger partial charge on any atom is 0.411 e. The Morgan fingerprint density at radius 1 is 1.19 bits per heavy atom. The first-order valence-electron chi connectivity index (χ1n) is 14.5. The van der Waals surface area contributed by atoms with Crippen molar-refractivity contribution in [1.82, 2.24) is 34.3 Å². The van der Waals surface area contributed by atoms with E-state index in [1.807, 2.05) is 56.8 Å². The van der Waals surface area contributed by atoms with Crippen molar-refractivity contribution >= 4 is 23.3 Å². The number of nitrogens with zero attached hydrogens (tertiary/aromatic N) is 7. The Kier molecular flexibility index (Phi) is 6.58. The fourth-order valence-electron chi connectivity index (χ4n) is 6.15. The molecule has 220 valence electrons. The molecule has 6 rings (SSSR count). The summed E-state index contributed by atoms with van der Waals surface area (Å²) in [6.07, 6.45) is 8.32. The monoisotopic (exact) mass is 570 g/mol. The van der Waals surface area contributed by atoms with Crippen LogP contribution in [0.1, 0.15) is 87.6 Å². The van der Waals surface area contributed by atoms with Crippen molar-refractivity contribution in [2.45, 2.75) is 83.4 Å². The number of fused-ring (bicyclic) bond motifs is 1. The standard InChI is InChI=1S/C31H38N8O3/c1-20-14-31(15-20,27-36-33-19-37(27)6)22-8-7-9-23(13-22)35-26(40)24-12-21(17-39-25(24)32-18-34-39)16-38(30(5)10-11-30)28(41)42-29(2,3)4/h7-9,12-13,17-20H,10-11,14-16H2,1-6H3,(H,35,40). The Morgan fingerprint density at radius 2 is 1.95 bits per heavy atom. The number of anilines is 1. The molecule has 42 heavy (non-hydrogen) atoms. The smallest absolute Gasteiger partial charge is 0.411 e. The predicted octanol–water partition coefficient (Wildman–Crippen LogP) is 5.12. The summed E-state index contributed by atoms with van der Waals surface area (Å²) >= 11 is 0. The predicted molar refractivity (Wildman–Crippen MR) is 157 cm³/mol. The number of amides is 2. The summed E-state index contributed by atoms with van der Waals surface area (Å²) in [6, 6.07) is 9.76. The molecule has 0 aliphatic heterocycles. The molecular weight excluding hydrogens is 532 g/mol. The van der Waals surface area contributed by atoms with Crippen molar-refractivity contribution in [3.05, 3.63) is 71.7 Å². The van der Waals surface area contributed by atoms with Crippen molar-refractivity contribution < 1.29 is 14.3 Å². The highest BCUT2D eigenvalue weighted by Crippen LogP contribution is 2.51. The molecule has 3 heterocycles. The van der Waals surface area contributed by atoms with Gasteiger partial charge >= 0.3 is 6.09 Å². The average molecular weight is 571 g/mol. The lowest BCUT2D eigenvalue weighted by Crippen LogP contribution is -2.43. The van der Waals surface area contributed by atoms with Crippen LogP contribution in [0.4, 0.5) is 10.5 Å². The lowest BCUT2D eigenvalue weighted by atomic mass is 9.58. The van der Waals surface area contributed by atoms with E-state index in [1.165, 1.54) is 6.33 Å². The molecule has 11 nitrogen and oxygen atoms in total. The molecular formula is C31H38N8O3. The normalized spacial score (nSPS) is 21.0. The van der Waals surface area contributed by atoms with Crippen LogP contribution >= 0.6 is 0 Å². The van der Waals surface area contributed by atoms with Crippen molar-refractivity contribution in [2.75, 3.05) is 5.32 Å². The Morgan fingerprint density at radius 3 is 2.60 bits per heavy atom. The molecule has 2 fully saturated rings. The number of carbonyl (C=O) groups excluding carboxylic acids is 2. The third kappa shape index (κ3) is 5.12. The summed E-state index contributed by atoms with van der Waals surface area (Å²) in [4.78, 5) is 33.0. The highest BCUT2D eigenvalue weighted by molar-refractivity contribution is 6.08. The van der Waals surface area contributed by atoms with Gasteiger partial charge in [0.1, 0.15) is 24.1 Å². The van der Waals surface area contributed by atoms with Crippen molar-refractivity contribution in [2.24, 2.45) is 13.0 Å². The minimum atomic E-state index is -0.612. The van der Waals surface area contributed by atoms with E-state index < -0.39 is 5.60 Å². The first-order chi connectivity index (χ1) is 19.9. The second-order valence-corrected chi connectivity index (χ2v) is 13.2. The number of pyridine rings is 1. The maximum absolute atomic E-state index is 13.8. The van der Waals surface area contributed by atoms with E-state index in [0.717, 1.165) is 42.6 Å². The van der Waals surface area contributed by atoms with Gasteiger partial charge in [0.25, 0.3) is 5.91 Å². The highest BCUT2D eigenvalue weighted by Gasteiger charge is 2.48. The molecule has 3 aromatic heterocycles. The summed E-state index contributed by atoms with van der Waals surface area (Å²) < 4.78 is 9.29. The van der Waals surface area contributed by atoms with Crippen LogP contribution in [-0.2, 0) is 23.7 Å². The topological polar surface area (TPSA) is 120 Å². The van der Waals surface area contributed by atoms with E-state index in [9.17, 15) is 9.59 Å². The summed E-state index contributed by atoms with van der Waals surface area (Å²) in [6.45, 7) is 10.2. The van der Waals surface area contributed by atoms with Crippen molar-refractivity contribution in [3.63, 3.8) is 0 Å². The van der Waals surface area contributed by atoms with Gasteiger partial charge in [0.15, 0.2) is 5.65 Å². The number of ether oxygens (including phenoxy) is 1. The molecule has 0 unspecified atom stereocenters. The number of hydrogen-bond donors (Lipinski definition) is 1. The van der Waals surface area contributed by atoms with Crippen LogP contribution < -0.4 is 5.32 Å². The Bertz CT molecular complexity index is 1660. The Balaban J connectivity index is 1.28. The van der Waals surface area contributed by atoms with Gasteiger partial charge in [-0.25, -0.2) is 14.3 Å². The van der Waals surface area contributed by atoms with Crippen molar-refractivity contribution in [3.8, 4) is 0 Å². The molecule has 2 aliphatic rings. The van der Waals surface area contributed by atoms with Crippen LogP contribution in [0.5, 0.6) is 0 Å². The zero-order valence-corrected chi connectivity index (χ0v) is 25.1. The largest absolute Gasteiger partial charge is 0.444 e. The SMILES string of the molecule is CC1CC(c2cccc(NC(=O)c3cc(CN(C(=O)OC(C)(C)C)C4(C)CC4)cn4ncnc34)c2)(c2nncn2C)C1. The minimum absolute atomic E-state index is 0.240. The number of carbonyl (C=O) groups is 2. The fourth-order valence-corrected chi connectivity index (χ4v) is 6.15. The number of rotatable bonds is 7. The number of aryl methyl sites for hydroxylation is 1. The molecule has 0 saturated heterocycles. The van der Waals surface area contributed by atoms with Crippen molar-refractivity contribution in [1.29, 1.82) is 0 Å². The van der Waals surface area contributed by atoms with E-state index in [0.29, 0.717) is 22.8 Å². The zero-order valence-electron chi connectivity index (χ0n) is 25.1. The van der Waals surface area contributed by atoms with E-state index in [-0.39, 0.29) is 29.5 Å². The number of hydrogen-bond acceptors (Lipinski definition) is 7. The molecule has 0 radical (unpaired) electrons. The molecule has 0 bridgehead atoms. The second-order valence-electron chi connectivity index (χ2n) is 13.2. The van der Waals surface area contributed by atoms with Gasteiger partial charge in [0.05, 0.1) is 17.5 Å². The molecule has 11 heteroatoms. The Labute approximate surface area is 245 Å². The molecule has 2 amide bonds. The van der Waals surface area contributed by atoms with Gasteiger partial charge in [-0.2, -0.15) is 5.10 Å². The molecule has 1 N–H and O–H groups in total. The van der Waals surface area contributed by atoms with Gasteiger partial charge in [-0.1, -0.05) is 19.1 Å².